The Morgan fingerprint density at radius 2 is 1.01 bits per heavy atom. The van der Waals surface area contributed by atoms with Gasteiger partial charge >= 0.3 is 0 Å². The number of sulfone groups is 1. The van der Waals surface area contributed by atoms with Crippen LogP contribution in [-0.4, -0.2) is 84.4 Å². The predicted molar refractivity (Wildman–Crippen MR) is 421 cm³/mol. The van der Waals surface area contributed by atoms with Gasteiger partial charge < -0.3 is 4.90 Å². The van der Waals surface area contributed by atoms with E-state index in [1.54, 1.807) is 5.57 Å². The van der Waals surface area contributed by atoms with Crippen LogP contribution in [0.3, 0.4) is 0 Å². The highest BCUT2D eigenvalue weighted by Gasteiger charge is 2.29. The molecule has 2 amide bonds. The van der Waals surface area contributed by atoms with Crippen LogP contribution in [0.1, 0.15) is 348 Å². The van der Waals surface area contributed by atoms with Crippen molar-refractivity contribution in [1.82, 2.24) is 10.2 Å². The van der Waals surface area contributed by atoms with E-state index < -0.39 is 9.84 Å². The van der Waals surface area contributed by atoms with Gasteiger partial charge in [0.2, 0.25) is 5.91 Å². The van der Waals surface area contributed by atoms with Crippen LogP contribution in [-0.2, 0) is 14.6 Å². The number of carbonyl (C=O) groups is 2. The standard InChI is InChI=1S/C8H16.3C8H14.C7H15N.C7H14O2S.2C7H14S.C5H7NO2S.C4H8.2C4H10.C4H8/c5*1-8-6-4-2-3-5-7-8;1-7-3-2-5-10(8,9)6-4-7;1-7-3-2-5-8-6-4-7;1-7-4-2-3-5-8-6-7;1-2-3-4(7)6-5(8)9-3;1-4-2-3-4;1-4(2)3;2*1-3-4-2/h8H,2-7H2,1H3;6H,2-5,7H2,1H3;2,4,8H,3,5-7H2,1H3;2-3,8H,4-7H2,1H3;2-7H2,1H3;7H,2-6H2,1H3;2*7H,2-6H2,1H3;3H,2H2,1H3,(H,6,7,8);4H,2-3H2,1H3;4H,1-3H3;3-4H2,1-2H3;3H,1,4H2,2H3. The number of unbranched alkanes of at least 4 members (excludes halogenated alkanes) is 1. The number of likely N-dealkylation sites (tertiary alicyclic amines) is 1. The van der Waals surface area contributed by atoms with Crippen molar-refractivity contribution >= 4 is 56.3 Å². The summed E-state index contributed by atoms with van der Waals surface area (Å²) in [7, 11) is -0.439. The van der Waals surface area contributed by atoms with E-state index >= 15 is 0 Å². The number of carbonyl (C=O) groups excluding carboxylic acids is 2. The molecule has 2 saturated carbocycles. The van der Waals surface area contributed by atoms with E-state index in [0.29, 0.717) is 17.4 Å². The molecule has 0 aromatic rings. The summed E-state index contributed by atoms with van der Waals surface area (Å²) in [6, 6.07) is 0. The molecule has 0 aromatic carbocycles. The molecule has 0 spiro atoms. The van der Waals surface area contributed by atoms with Gasteiger partial charge in [0.1, 0.15) is 9.84 Å². The summed E-state index contributed by atoms with van der Waals surface area (Å²) < 4.78 is 22.0. The zero-order valence-electron chi connectivity index (χ0n) is 63.6. The number of rotatable bonds is 3. The second kappa shape index (κ2) is 69.0. The highest BCUT2D eigenvalue weighted by atomic mass is 32.2. The third-order valence-electron chi connectivity index (χ3n) is 17.6. The van der Waals surface area contributed by atoms with Crippen LogP contribution < -0.4 is 5.32 Å². The predicted octanol–water partition coefficient (Wildman–Crippen LogP) is 26.4. The van der Waals surface area contributed by atoms with E-state index in [2.05, 4.69) is 175 Å². The molecule has 5 aliphatic heterocycles. The van der Waals surface area contributed by atoms with E-state index in [4.69, 9.17) is 0 Å². The number of hydrogen-bond acceptors (Lipinski definition) is 8. The van der Waals surface area contributed by atoms with Crippen LogP contribution in [0.2, 0.25) is 0 Å². The van der Waals surface area contributed by atoms with Gasteiger partial charge in [0.05, 0.1) is 16.8 Å². The molecule has 5 aliphatic carbocycles. The van der Waals surface area contributed by atoms with Gasteiger partial charge in [-0.25, -0.2) is 8.42 Å². The maximum atomic E-state index is 11.0. The lowest BCUT2D eigenvalue weighted by atomic mass is 10.0. The number of imide groups is 1. The zero-order valence-corrected chi connectivity index (χ0v) is 66.9. The fourth-order valence-electron chi connectivity index (χ4n) is 10.4. The molecule has 5 unspecified atom stereocenters. The largest absolute Gasteiger partial charge is 0.306 e. The van der Waals surface area contributed by atoms with Crippen molar-refractivity contribution in [2.45, 2.75) is 353 Å². The van der Waals surface area contributed by atoms with Gasteiger partial charge in [-0.3, -0.25) is 14.9 Å². The van der Waals surface area contributed by atoms with Crippen molar-refractivity contribution in [2.24, 2.45) is 47.3 Å². The van der Waals surface area contributed by atoms with Crippen LogP contribution in [0.25, 0.3) is 0 Å². The minimum atomic E-state index is -2.65. The number of nitrogens with one attached hydrogen (secondary N) is 1. The maximum absolute atomic E-state index is 11.0. The smallest absolute Gasteiger partial charge is 0.286 e. The number of hydrogen-bond donors (Lipinski definition) is 1. The Balaban J connectivity index is -0.000000930. The third-order valence-corrected chi connectivity index (χ3v) is 23.0. The first-order valence-electron chi connectivity index (χ1n) is 38.7. The molecule has 5 saturated heterocycles. The molecule has 7 fully saturated rings. The molecule has 0 aromatic heterocycles. The van der Waals surface area contributed by atoms with Gasteiger partial charge in [0.25, 0.3) is 5.24 Å². The summed E-state index contributed by atoms with van der Waals surface area (Å²) in [5, 5.41) is 1.85. The fourth-order valence-corrected chi connectivity index (χ4v) is 15.0. The number of thioether (sulfide) groups is 3. The Labute approximate surface area is 584 Å². The quantitative estimate of drug-likeness (QED) is 0.221. The summed E-state index contributed by atoms with van der Waals surface area (Å²) in [6.07, 6.45) is 64.9. The maximum Gasteiger partial charge on any atom is 0.286 e. The van der Waals surface area contributed by atoms with Crippen LogP contribution in [0.4, 0.5) is 4.79 Å². The molecule has 91 heavy (non-hydrogen) atoms. The lowest BCUT2D eigenvalue weighted by Gasteiger charge is -2.10. The highest BCUT2D eigenvalue weighted by Crippen LogP contribution is 2.27. The fraction of sp³-hybridized carbons (Fsp3) is 0.877. The second-order valence-corrected chi connectivity index (χ2v) is 35.2. The van der Waals surface area contributed by atoms with Gasteiger partial charge in [-0.1, -0.05) is 247 Å². The van der Waals surface area contributed by atoms with Crippen LogP contribution in [0.15, 0.2) is 48.6 Å². The number of nitrogens with zero attached hydrogens (tertiary/aromatic N) is 1. The molecule has 0 radical (unpaired) electrons. The normalized spacial score (nSPS) is 25.0. The van der Waals surface area contributed by atoms with Crippen molar-refractivity contribution in [2.75, 3.05) is 54.7 Å². The van der Waals surface area contributed by atoms with Crippen molar-refractivity contribution in [3.05, 3.63) is 48.6 Å². The first-order valence-corrected chi connectivity index (χ1v) is 43.7. The zero-order chi connectivity index (χ0) is 68.6. The second-order valence-electron chi connectivity index (χ2n) is 29.4. The summed E-state index contributed by atoms with van der Waals surface area (Å²) in [5.74, 6) is 13.7. The van der Waals surface area contributed by atoms with Gasteiger partial charge in [-0.05, 0) is 245 Å². The minimum Gasteiger partial charge on any atom is -0.306 e. The van der Waals surface area contributed by atoms with Crippen LogP contribution in [0.5, 0.6) is 0 Å². The monoisotopic (exact) mass is 1350 g/mol. The Kier molecular flexibility index (Phi) is 71.4. The van der Waals surface area contributed by atoms with E-state index in [1.165, 1.54) is 248 Å². The molecule has 5 heterocycles. The van der Waals surface area contributed by atoms with Crippen molar-refractivity contribution in [1.29, 1.82) is 0 Å². The number of allylic oxidation sites excluding steroid dienone is 7. The molecule has 0 bridgehead atoms. The molecule has 6 nitrogen and oxygen atoms in total. The van der Waals surface area contributed by atoms with Gasteiger partial charge in [0.15, 0.2) is 0 Å². The van der Waals surface area contributed by atoms with E-state index in [-0.39, 0.29) is 16.4 Å². The Morgan fingerprint density at radius 1 is 0.527 bits per heavy atom. The number of amides is 2. The van der Waals surface area contributed by atoms with E-state index in [1.807, 2.05) is 13.0 Å². The lowest BCUT2D eigenvalue weighted by Crippen LogP contribution is -2.23. The Bertz CT molecular complexity index is 1680. The lowest BCUT2D eigenvalue weighted by molar-refractivity contribution is -0.119. The Hall–Kier alpha value is -0.940. The molecule has 5 atom stereocenters. The Morgan fingerprint density at radius 3 is 1.55 bits per heavy atom. The summed E-state index contributed by atoms with van der Waals surface area (Å²) in [6.45, 7) is 39.3. The van der Waals surface area contributed by atoms with Crippen LogP contribution >= 0.6 is 35.3 Å². The molecular formula is C81H158N2O4S4. The van der Waals surface area contributed by atoms with Crippen LogP contribution in [0, 0.1) is 47.3 Å². The highest BCUT2D eigenvalue weighted by molar-refractivity contribution is 8.15. The third kappa shape index (κ3) is 76.3. The molecular weight excluding hydrogens is 1190 g/mol. The van der Waals surface area contributed by atoms with Gasteiger partial charge in [0, 0.05) is 0 Å². The first-order chi connectivity index (χ1) is 43.5. The summed E-state index contributed by atoms with van der Waals surface area (Å²) in [5.41, 5.74) is 1.60. The van der Waals surface area contributed by atoms with Crippen molar-refractivity contribution < 1.29 is 18.0 Å². The topological polar surface area (TPSA) is 83.5 Å². The van der Waals surface area contributed by atoms with Crippen molar-refractivity contribution in [3.63, 3.8) is 0 Å². The molecule has 1 N–H and O–H groups in total. The van der Waals surface area contributed by atoms with Gasteiger partial charge in [-0.2, -0.15) is 23.5 Å². The average molecular weight is 1350 g/mol. The first kappa shape index (κ1) is 94.2. The van der Waals surface area contributed by atoms with E-state index in [9.17, 15) is 18.0 Å². The molecule has 10 aliphatic rings. The average Bonchev–Trinajstić information content (AvgIpc) is 4.62. The SMILES string of the molecule is C=CCC.CC(C)C.CC1=CCCCCC1.CC1CC1.CC1CC=CCCC1.CC1CCC=CCC1.CC1CCCCCC1.CC1CCCCSC1.CC1CCCS(=O)(=O)CC1.CC1CCCSCC1.CCC1SC(=O)NC1=O.CCCC.CN1CCCCCC1. The summed E-state index contributed by atoms with van der Waals surface area (Å²) >= 11 is 5.32. The molecule has 540 valence electrons. The summed E-state index contributed by atoms with van der Waals surface area (Å²) in [4.78, 5) is 23.5. The minimum absolute atomic E-state index is 0.141. The van der Waals surface area contributed by atoms with E-state index in [0.717, 1.165) is 85.3 Å². The van der Waals surface area contributed by atoms with Crippen molar-refractivity contribution in [3.8, 4) is 0 Å². The molecule has 10 rings (SSSR count). The van der Waals surface area contributed by atoms with Gasteiger partial charge in [-0.15, -0.1) is 6.58 Å². The molecule has 10 heteroatoms.